The summed E-state index contributed by atoms with van der Waals surface area (Å²) in [6, 6.07) is 0. The fraction of sp³-hybridized carbons (Fsp3) is 0.286. The van der Waals surface area contributed by atoms with Gasteiger partial charge in [-0.15, -0.1) is 0 Å². The summed E-state index contributed by atoms with van der Waals surface area (Å²) < 4.78 is 4.61. The van der Waals surface area contributed by atoms with E-state index in [1.807, 2.05) is 0 Å². The minimum absolute atomic E-state index is 0. The van der Waals surface area contributed by atoms with Gasteiger partial charge in [0.1, 0.15) is 5.76 Å². The van der Waals surface area contributed by atoms with Crippen LogP contribution in [-0.4, -0.2) is 23.5 Å². The average Bonchev–Trinajstić information content (AvgIpc) is 2.27. The zero-order valence-corrected chi connectivity index (χ0v) is 14.4. The molecule has 0 aromatic rings. The SMILES string of the molecule is CC(=O)C1C(=O)C=C(C)OC1=O.CC=CC=CC(=O)[O-].[Na+]. The maximum absolute atomic E-state index is 11.1. The normalized spacial score (nSPS) is 17.5. The number of hydrogen-bond acceptors (Lipinski definition) is 6. The molecule has 1 unspecified atom stereocenters. The van der Waals surface area contributed by atoms with Gasteiger partial charge in [0.2, 0.25) is 0 Å². The summed E-state index contributed by atoms with van der Waals surface area (Å²) in [6.45, 7) is 4.49. The second kappa shape index (κ2) is 11.2. The standard InChI is InChI=1S/C8H8O4.C6H8O2.Na/c1-4-3-6(10)7(5(2)9)8(11)12-4;1-2-3-4-5-6(7)8;/h3,7H,1-2H3;2-5H,1H3,(H,7,8);/q;;+1/p-1. The average molecular weight is 302 g/mol. The molecule has 0 fully saturated rings. The van der Waals surface area contributed by atoms with Gasteiger partial charge in [-0.05, 0) is 26.8 Å². The predicted molar refractivity (Wildman–Crippen MR) is 68.0 cm³/mol. The quantitative estimate of drug-likeness (QED) is 0.182. The number of Topliss-reactive ketones (excluding diaryl/α,β-unsaturated/α-hetero) is 1. The molecule has 0 aliphatic carbocycles. The van der Waals surface area contributed by atoms with Crippen molar-refractivity contribution in [3.05, 3.63) is 36.1 Å². The van der Waals surface area contributed by atoms with Crippen LogP contribution in [0.15, 0.2) is 36.1 Å². The summed E-state index contributed by atoms with van der Waals surface area (Å²) in [7, 11) is 0. The Bertz CT molecular complexity index is 502. The molecule has 0 amide bonds. The van der Waals surface area contributed by atoms with E-state index in [0.29, 0.717) is 0 Å². The third kappa shape index (κ3) is 9.12. The number of ether oxygens (including phenoxy) is 1. The molecule has 1 heterocycles. The monoisotopic (exact) mass is 302 g/mol. The number of carboxylic acids is 1. The maximum atomic E-state index is 11.1. The van der Waals surface area contributed by atoms with E-state index < -0.39 is 29.4 Å². The third-order valence-electron chi connectivity index (χ3n) is 2.07. The van der Waals surface area contributed by atoms with Crippen LogP contribution >= 0.6 is 0 Å². The summed E-state index contributed by atoms with van der Waals surface area (Å²) in [4.78, 5) is 42.4. The summed E-state index contributed by atoms with van der Waals surface area (Å²) >= 11 is 0. The zero-order chi connectivity index (χ0) is 15.7. The molecule has 0 spiro atoms. The molecular formula is C14H15NaO6. The number of allylic oxidation sites excluding steroid dienone is 5. The number of aliphatic carboxylic acids is 1. The van der Waals surface area contributed by atoms with E-state index in [0.717, 1.165) is 12.2 Å². The van der Waals surface area contributed by atoms with E-state index >= 15 is 0 Å². The largest absolute Gasteiger partial charge is 1.00 e. The third-order valence-corrected chi connectivity index (χ3v) is 2.07. The van der Waals surface area contributed by atoms with Gasteiger partial charge in [-0.2, -0.15) is 0 Å². The second-order valence-corrected chi connectivity index (χ2v) is 3.83. The van der Waals surface area contributed by atoms with Gasteiger partial charge >= 0.3 is 35.5 Å². The van der Waals surface area contributed by atoms with E-state index in [9.17, 15) is 24.3 Å². The molecule has 1 aliphatic heterocycles. The Hall–Kier alpha value is -1.50. The maximum Gasteiger partial charge on any atom is 1.00 e. The van der Waals surface area contributed by atoms with Gasteiger partial charge in [0.05, 0.1) is 5.97 Å². The summed E-state index contributed by atoms with van der Waals surface area (Å²) in [5, 5.41) is 9.64. The van der Waals surface area contributed by atoms with Gasteiger partial charge in [0.25, 0.3) is 0 Å². The van der Waals surface area contributed by atoms with Crippen molar-refractivity contribution in [2.45, 2.75) is 20.8 Å². The number of carbonyl (C=O) groups is 4. The molecule has 0 aromatic heterocycles. The molecule has 108 valence electrons. The summed E-state index contributed by atoms with van der Waals surface area (Å²) in [6.07, 6.45) is 6.90. The van der Waals surface area contributed by atoms with Crippen molar-refractivity contribution in [2.75, 3.05) is 0 Å². The van der Waals surface area contributed by atoms with Crippen molar-refractivity contribution >= 4 is 23.5 Å². The van der Waals surface area contributed by atoms with Crippen LogP contribution in [0.4, 0.5) is 0 Å². The van der Waals surface area contributed by atoms with Crippen molar-refractivity contribution in [3.63, 3.8) is 0 Å². The number of carbonyl (C=O) groups excluding carboxylic acids is 4. The molecule has 1 atom stereocenters. The van der Waals surface area contributed by atoms with Crippen LogP contribution in [0.5, 0.6) is 0 Å². The van der Waals surface area contributed by atoms with E-state index in [4.69, 9.17) is 0 Å². The predicted octanol–water partition coefficient (Wildman–Crippen LogP) is -2.91. The zero-order valence-electron chi connectivity index (χ0n) is 12.4. The van der Waals surface area contributed by atoms with E-state index in [-0.39, 0.29) is 35.3 Å². The number of carboxylic acid groups (broad SMARTS) is 1. The van der Waals surface area contributed by atoms with Gasteiger partial charge in [-0.1, -0.05) is 18.2 Å². The van der Waals surface area contributed by atoms with Crippen LogP contribution in [0, 0.1) is 5.92 Å². The number of rotatable bonds is 3. The van der Waals surface area contributed by atoms with Gasteiger partial charge in [-0.3, -0.25) is 14.4 Å². The number of cyclic esters (lactones) is 1. The second-order valence-electron chi connectivity index (χ2n) is 3.83. The van der Waals surface area contributed by atoms with Crippen LogP contribution in [0.2, 0.25) is 0 Å². The van der Waals surface area contributed by atoms with Crippen molar-refractivity contribution in [1.29, 1.82) is 0 Å². The van der Waals surface area contributed by atoms with Crippen molar-refractivity contribution in [3.8, 4) is 0 Å². The fourth-order valence-corrected chi connectivity index (χ4v) is 1.26. The Labute approximate surface area is 144 Å². The van der Waals surface area contributed by atoms with Crippen LogP contribution in [0.25, 0.3) is 0 Å². The minimum atomic E-state index is -1.24. The molecule has 0 bridgehead atoms. The van der Waals surface area contributed by atoms with Crippen molar-refractivity contribution in [2.24, 2.45) is 5.92 Å². The fourth-order valence-electron chi connectivity index (χ4n) is 1.26. The van der Waals surface area contributed by atoms with Crippen LogP contribution < -0.4 is 34.7 Å². The summed E-state index contributed by atoms with van der Waals surface area (Å²) in [5.41, 5.74) is 0. The smallest absolute Gasteiger partial charge is 0.545 e. The minimum Gasteiger partial charge on any atom is -0.545 e. The van der Waals surface area contributed by atoms with Gasteiger partial charge < -0.3 is 14.6 Å². The molecule has 0 radical (unpaired) electrons. The molecule has 21 heavy (non-hydrogen) atoms. The first kappa shape index (κ1) is 21.8. The first-order chi connectivity index (χ1) is 9.29. The van der Waals surface area contributed by atoms with Crippen LogP contribution in [0.1, 0.15) is 20.8 Å². The van der Waals surface area contributed by atoms with Crippen molar-refractivity contribution < 1.29 is 58.6 Å². The molecule has 0 saturated heterocycles. The van der Waals surface area contributed by atoms with E-state index in [1.54, 1.807) is 19.1 Å². The Morgan fingerprint density at radius 1 is 1.29 bits per heavy atom. The van der Waals surface area contributed by atoms with Crippen molar-refractivity contribution in [1.82, 2.24) is 0 Å². The van der Waals surface area contributed by atoms with E-state index in [1.165, 1.54) is 19.9 Å². The molecular weight excluding hydrogens is 287 g/mol. The molecule has 0 aromatic carbocycles. The van der Waals surface area contributed by atoms with Crippen LogP contribution in [-0.2, 0) is 23.9 Å². The molecule has 7 heteroatoms. The number of hydrogen-bond donors (Lipinski definition) is 0. The number of ketones is 2. The Morgan fingerprint density at radius 2 is 1.86 bits per heavy atom. The molecule has 1 rings (SSSR count). The Kier molecular flexibility index (Phi) is 11.6. The Morgan fingerprint density at radius 3 is 2.24 bits per heavy atom. The topological polar surface area (TPSA) is 101 Å². The Balaban J connectivity index is 0. The van der Waals surface area contributed by atoms with Crippen LogP contribution in [0.3, 0.4) is 0 Å². The first-order valence-corrected chi connectivity index (χ1v) is 5.74. The van der Waals surface area contributed by atoms with E-state index in [2.05, 4.69) is 4.74 Å². The summed E-state index contributed by atoms with van der Waals surface area (Å²) in [5.74, 6) is -3.91. The van der Waals surface area contributed by atoms with Gasteiger partial charge in [0, 0.05) is 6.08 Å². The van der Waals surface area contributed by atoms with Gasteiger partial charge in [0.15, 0.2) is 17.5 Å². The number of esters is 1. The molecule has 1 aliphatic rings. The van der Waals surface area contributed by atoms with Gasteiger partial charge in [-0.25, -0.2) is 0 Å². The molecule has 6 nitrogen and oxygen atoms in total. The molecule has 0 saturated carbocycles. The first-order valence-electron chi connectivity index (χ1n) is 5.74. The molecule has 0 N–H and O–H groups in total.